The fraction of sp³-hybridized carbons (Fsp3) is 0.375. The molecule has 0 saturated carbocycles. The van der Waals surface area contributed by atoms with E-state index in [2.05, 4.69) is 11.9 Å². The van der Waals surface area contributed by atoms with Gasteiger partial charge in [0.1, 0.15) is 11.6 Å². The van der Waals surface area contributed by atoms with Crippen molar-refractivity contribution in [3.8, 4) is 5.75 Å². The lowest BCUT2D eigenvalue weighted by Crippen LogP contribution is -2.10. The topological polar surface area (TPSA) is 44.1 Å². The van der Waals surface area contributed by atoms with Gasteiger partial charge in [-0.05, 0) is 25.0 Å². The summed E-state index contributed by atoms with van der Waals surface area (Å²) < 4.78 is 7.29. The van der Waals surface area contributed by atoms with Gasteiger partial charge in [-0.3, -0.25) is 4.79 Å². The number of benzene rings is 1. The SMILES string of the molecule is CCCn1ccnc1CC(=O)c1ccc(C)c(OC)c1. The highest BCUT2D eigenvalue weighted by Gasteiger charge is 2.12. The Morgan fingerprint density at radius 2 is 2.20 bits per heavy atom. The minimum Gasteiger partial charge on any atom is -0.496 e. The predicted molar refractivity (Wildman–Crippen MR) is 78.3 cm³/mol. The molecule has 2 rings (SSSR count). The van der Waals surface area contributed by atoms with Crippen LogP contribution in [0.3, 0.4) is 0 Å². The summed E-state index contributed by atoms with van der Waals surface area (Å²) in [5.74, 6) is 1.62. The second kappa shape index (κ2) is 6.37. The van der Waals surface area contributed by atoms with E-state index >= 15 is 0 Å². The molecule has 0 aliphatic heterocycles. The Labute approximate surface area is 119 Å². The zero-order valence-electron chi connectivity index (χ0n) is 12.2. The molecule has 0 saturated heterocycles. The van der Waals surface area contributed by atoms with E-state index in [0.717, 1.165) is 30.1 Å². The molecule has 20 heavy (non-hydrogen) atoms. The normalized spacial score (nSPS) is 10.6. The van der Waals surface area contributed by atoms with Crippen molar-refractivity contribution in [1.82, 2.24) is 9.55 Å². The van der Waals surface area contributed by atoms with E-state index in [0.29, 0.717) is 12.0 Å². The van der Waals surface area contributed by atoms with Crippen molar-refractivity contribution in [3.63, 3.8) is 0 Å². The zero-order valence-corrected chi connectivity index (χ0v) is 12.2. The molecule has 1 heterocycles. The quantitative estimate of drug-likeness (QED) is 0.759. The number of imidazole rings is 1. The lowest BCUT2D eigenvalue weighted by molar-refractivity contribution is 0.0989. The van der Waals surface area contributed by atoms with Gasteiger partial charge in [-0.2, -0.15) is 0 Å². The van der Waals surface area contributed by atoms with Gasteiger partial charge in [0.2, 0.25) is 0 Å². The summed E-state index contributed by atoms with van der Waals surface area (Å²) in [4.78, 5) is 16.6. The van der Waals surface area contributed by atoms with Gasteiger partial charge in [-0.15, -0.1) is 0 Å². The maximum absolute atomic E-state index is 12.3. The third kappa shape index (κ3) is 3.07. The third-order valence-electron chi connectivity index (χ3n) is 3.31. The molecule has 0 atom stereocenters. The van der Waals surface area contributed by atoms with E-state index in [9.17, 15) is 4.79 Å². The summed E-state index contributed by atoms with van der Waals surface area (Å²) in [7, 11) is 1.62. The van der Waals surface area contributed by atoms with Gasteiger partial charge in [0.05, 0.1) is 13.5 Å². The smallest absolute Gasteiger partial charge is 0.170 e. The van der Waals surface area contributed by atoms with Crippen LogP contribution in [0.5, 0.6) is 5.75 Å². The van der Waals surface area contributed by atoms with Crippen LogP contribution in [0.25, 0.3) is 0 Å². The maximum atomic E-state index is 12.3. The number of aromatic nitrogens is 2. The van der Waals surface area contributed by atoms with Crippen LogP contribution in [0.2, 0.25) is 0 Å². The fourth-order valence-electron chi connectivity index (χ4n) is 2.19. The molecule has 0 unspecified atom stereocenters. The number of carbonyl (C=O) groups excluding carboxylic acids is 1. The molecule has 1 aromatic heterocycles. The Morgan fingerprint density at radius 1 is 1.40 bits per heavy atom. The third-order valence-corrected chi connectivity index (χ3v) is 3.31. The zero-order chi connectivity index (χ0) is 14.5. The van der Waals surface area contributed by atoms with E-state index < -0.39 is 0 Å². The summed E-state index contributed by atoms with van der Waals surface area (Å²) in [6.07, 6.45) is 5.00. The molecule has 1 aromatic carbocycles. The second-order valence-electron chi connectivity index (χ2n) is 4.82. The first-order valence-electron chi connectivity index (χ1n) is 6.83. The van der Waals surface area contributed by atoms with Crippen LogP contribution >= 0.6 is 0 Å². The van der Waals surface area contributed by atoms with Crippen molar-refractivity contribution < 1.29 is 9.53 Å². The number of hydrogen-bond donors (Lipinski definition) is 0. The largest absolute Gasteiger partial charge is 0.496 e. The minimum absolute atomic E-state index is 0.0619. The number of ether oxygens (including phenoxy) is 1. The fourth-order valence-corrected chi connectivity index (χ4v) is 2.19. The van der Waals surface area contributed by atoms with Gasteiger partial charge in [-0.1, -0.05) is 19.1 Å². The summed E-state index contributed by atoms with van der Waals surface area (Å²) in [5, 5.41) is 0. The Morgan fingerprint density at radius 3 is 2.90 bits per heavy atom. The number of Topliss-reactive ketones (excluding diaryl/α,β-unsaturated/α-hetero) is 1. The average Bonchev–Trinajstić information content (AvgIpc) is 2.87. The molecular weight excluding hydrogens is 252 g/mol. The van der Waals surface area contributed by atoms with Gasteiger partial charge in [0, 0.05) is 24.5 Å². The molecule has 0 aliphatic carbocycles. The van der Waals surface area contributed by atoms with Crippen LogP contribution in [0, 0.1) is 6.92 Å². The Bertz CT molecular complexity index is 602. The second-order valence-corrected chi connectivity index (χ2v) is 4.82. The predicted octanol–water partition coefficient (Wildman–Crippen LogP) is 3.04. The number of carbonyl (C=O) groups is 1. The highest BCUT2D eigenvalue weighted by molar-refractivity contribution is 5.97. The molecule has 0 radical (unpaired) electrons. The number of rotatable bonds is 6. The van der Waals surface area contributed by atoms with E-state index in [-0.39, 0.29) is 5.78 Å². The van der Waals surface area contributed by atoms with Crippen LogP contribution in [0.1, 0.15) is 35.1 Å². The van der Waals surface area contributed by atoms with Gasteiger partial charge in [-0.25, -0.2) is 4.98 Å². The summed E-state index contributed by atoms with van der Waals surface area (Å²) in [6, 6.07) is 5.54. The molecule has 0 aliphatic rings. The molecule has 0 spiro atoms. The van der Waals surface area contributed by atoms with Crippen molar-refractivity contribution in [2.24, 2.45) is 0 Å². The average molecular weight is 272 g/mol. The first-order chi connectivity index (χ1) is 9.65. The molecule has 4 nitrogen and oxygen atoms in total. The first-order valence-corrected chi connectivity index (χ1v) is 6.83. The van der Waals surface area contributed by atoms with Crippen LogP contribution in [-0.4, -0.2) is 22.4 Å². The lowest BCUT2D eigenvalue weighted by atomic mass is 10.1. The molecule has 0 fully saturated rings. The molecular formula is C16H20N2O2. The Kier molecular flexibility index (Phi) is 4.56. The van der Waals surface area contributed by atoms with Crippen LogP contribution in [-0.2, 0) is 13.0 Å². The molecule has 0 bridgehead atoms. The maximum Gasteiger partial charge on any atom is 0.170 e. The molecule has 4 heteroatoms. The Hall–Kier alpha value is -2.10. The number of ketones is 1. The summed E-state index contributed by atoms with van der Waals surface area (Å²) >= 11 is 0. The Balaban J connectivity index is 2.17. The molecule has 0 amide bonds. The summed E-state index contributed by atoms with van der Waals surface area (Å²) in [5.41, 5.74) is 1.69. The molecule has 2 aromatic rings. The van der Waals surface area contributed by atoms with Crippen molar-refractivity contribution in [3.05, 3.63) is 47.5 Å². The highest BCUT2D eigenvalue weighted by atomic mass is 16.5. The van der Waals surface area contributed by atoms with E-state index in [1.54, 1.807) is 19.4 Å². The van der Waals surface area contributed by atoms with E-state index in [4.69, 9.17) is 4.74 Å². The molecule has 106 valence electrons. The van der Waals surface area contributed by atoms with Gasteiger partial charge in [0.15, 0.2) is 5.78 Å². The standard InChI is InChI=1S/C16H20N2O2/c1-4-8-18-9-7-17-16(18)11-14(19)13-6-5-12(2)15(10-13)20-3/h5-7,9-10H,4,8,11H2,1-3H3. The number of aryl methyl sites for hydroxylation is 2. The minimum atomic E-state index is 0.0619. The highest BCUT2D eigenvalue weighted by Crippen LogP contribution is 2.20. The van der Waals surface area contributed by atoms with Crippen molar-refractivity contribution in [2.75, 3.05) is 7.11 Å². The van der Waals surface area contributed by atoms with Crippen molar-refractivity contribution >= 4 is 5.78 Å². The van der Waals surface area contributed by atoms with Gasteiger partial charge < -0.3 is 9.30 Å². The van der Waals surface area contributed by atoms with Gasteiger partial charge in [0.25, 0.3) is 0 Å². The molecule has 0 N–H and O–H groups in total. The first kappa shape index (κ1) is 14.3. The van der Waals surface area contributed by atoms with Gasteiger partial charge >= 0.3 is 0 Å². The van der Waals surface area contributed by atoms with Crippen molar-refractivity contribution in [2.45, 2.75) is 33.2 Å². The van der Waals surface area contributed by atoms with E-state index in [1.165, 1.54) is 0 Å². The van der Waals surface area contributed by atoms with Crippen molar-refractivity contribution in [1.29, 1.82) is 0 Å². The number of hydrogen-bond acceptors (Lipinski definition) is 3. The number of nitrogens with zero attached hydrogens (tertiary/aromatic N) is 2. The lowest BCUT2D eigenvalue weighted by Gasteiger charge is -2.08. The van der Waals surface area contributed by atoms with E-state index in [1.807, 2.05) is 29.8 Å². The van der Waals surface area contributed by atoms with Crippen LogP contribution < -0.4 is 4.74 Å². The van der Waals surface area contributed by atoms with Crippen LogP contribution in [0.15, 0.2) is 30.6 Å². The monoisotopic (exact) mass is 272 g/mol. The summed E-state index contributed by atoms with van der Waals surface area (Å²) in [6.45, 7) is 4.96. The number of methoxy groups -OCH3 is 1. The van der Waals surface area contributed by atoms with Crippen LogP contribution in [0.4, 0.5) is 0 Å².